The number of aromatic nitrogens is 1. The average Bonchev–Trinajstić information content (AvgIpc) is 3.44. The van der Waals surface area contributed by atoms with Crippen LogP contribution in [0.25, 0.3) is 0 Å². The maximum absolute atomic E-state index is 14.0. The van der Waals surface area contributed by atoms with Gasteiger partial charge >= 0.3 is 4.87 Å². The van der Waals surface area contributed by atoms with Gasteiger partial charge in [0.05, 0.1) is 23.7 Å². The third kappa shape index (κ3) is 5.32. The van der Waals surface area contributed by atoms with Crippen molar-refractivity contribution in [2.45, 2.75) is 22.7 Å². The number of rotatable bonds is 7. The first kappa shape index (κ1) is 29.0. The molecule has 3 heterocycles. The van der Waals surface area contributed by atoms with Crippen molar-refractivity contribution in [3.63, 3.8) is 0 Å². The molecule has 1 aromatic heterocycles. The lowest BCUT2D eigenvalue weighted by molar-refractivity contribution is -0.122. The van der Waals surface area contributed by atoms with E-state index in [1.165, 1.54) is 21.2 Å². The highest BCUT2D eigenvalue weighted by molar-refractivity contribution is 8.00. The van der Waals surface area contributed by atoms with Crippen LogP contribution in [-0.4, -0.2) is 48.7 Å². The molecule has 6 rings (SSSR count). The lowest BCUT2D eigenvalue weighted by Crippen LogP contribution is -2.33. The standard InChI is InChI=1S/C31H27ClN4O5S2/c1-34(2)20-10-4-17(5-11-20)24-25-26(29(39)36(28(25)38)21-12-6-18(32)7-13-21)42-30-27(24)43-31(40)35(30)16-23(37)33-19-8-14-22(41-3)15-9-19/h4-15,24-26H,16H2,1-3H3,(H,33,37)/t24-,25-,26+/m0/s1. The van der Waals surface area contributed by atoms with Crippen LogP contribution in [-0.2, 0) is 20.9 Å². The van der Waals surface area contributed by atoms with Crippen LogP contribution >= 0.6 is 34.7 Å². The molecule has 2 aliphatic heterocycles. The largest absolute Gasteiger partial charge is 0.497 e. The van der Waals surface area contributed by atoms with Crippen LogP contribution in [0.5, 0.6) is 5.75 Å². The molecular weight excluding hydrogens is 608 g/mol. The monoisotopic (exact) mass is 634 g/mol. The van der Waals surface area contributed by atoms with Crippen molar-refractivity contribution in [3.05, 3.63) is 97.9 Å². The molecular formula is C31H27ClN4O5S2. The van der Waals surface area contributed by atoms with E-state index in [4.69, 9.17) is 16.3 Å². The number of amides is 3. The number of nitrogens with one attached hydrogen (secondary N) is 1. The summed E-state index contributed by atoms with van der Waals surface area (Å²) >= 11 is 8.26. The van der Waals surface area contributed by atoms with E-state index in [0.717, 1.165) is 22.6 Å². The Kier molecular flexibility index (Phi) is 7.80. The molecule has 0 aliphatic carbocycles. The Hall–Kier alpha value is -4.06. The normalized spacial score (nSPS) is 19.2. The number of ether oxygens (including phenoxy) is 1. The van der Waals surface area contributed by atoms with Gasteiger partial charge in [-0.15, -0.1) is 0 Å². The van der Waals surface area contributed by atoms with Crippen LogP contribution < -0.4 is 24.7 Å². The molecule has 1 N–H and O–H groups in total. The van der Waals surface area contributed by atoms with Gasteiger partial charge in [0.25, 0.3) is 0 Å². The Bertz CT molecular complexity index is 1770. The van der Waals surface area contributed by atoms with Crippen molar-refractivity contribution in [2.75, 3.05) is 36.3 Å². The zero-order valence-corrected chi connectivity index (χ0v) is 25.8. The molecule has 0 radical (unpaired) electrons. The quantitative estimate of drug-likeness (QED) is 0.283. The number of anilines is 3. The fraction of sp³-hybridized carbons (Fsp3) is 0.226. The molecule has 3 aromatic carbocycles. The van der Waals surface area contributed by atoms with Crippen LogP contribution in [0.2, 0.25) is 5.02 Å². The molecule has 0 saturated carbocycles. The van der Waals surface area contributed by atoms with Gasteiger partial charge < -0.3 is 15.0 Å². The second kappa shape index (κ2) is 11.6. The summed E-state index contributed by atoms with van der Waals surface area (Å²) in [4.78, 5) is 57.9. The molecule has 2 aliphatic rings. The van der Waals surface area contributed by atoms with Crippen LogP contribution in [0, 0.1) is 5.92 Å². The second-order valence-corrected chi connectivity index (χ2v) is 13.0. The highest BCUT2D eigenvalue weighted by Crippen LogP contribution is 2.54. The van der Waals surface area contributed by atoms with Gasteiger partial charge in [-0.1, -0.05) is 46.8 Å². The summed E-state index contributed by atoms with van der Waals surface area (Å²) in [5.74, 6) is -1.71. The third-order valence-corrected chi connectivity index (χ3v) is 10.4. The lowest BCUT2D eigenvalue weighted by Gasteiger charge is -2.31. The number of nitrogens with zero attached hydrogens (tertiary/aromatic N) is 3. The fourth-order valence-corrected chi connectivity index (χ4v) is 8.36. The van der Waals surface area contributed by atoms with Gasteiger partial charge in [-0.3, -0.25) is 23.7 Å². The molecule has 0 unspecified atom stereocenters. The van der Waals surface area contributed by atoms with Crippen molar-refractivity contribution in [1.29, 1.82) is 0 Å². The summed E-state index contributed by atoms with van der Waals surface area (Å²) in [6, 6.07) is 21.2. The third-order valence-electron chi connectivity index (χ3n) is 7.58. The van der Waals surface area contributed by atoms with Crippen LogP contribution in [0.1, 0.15) is 16.4 Å². The maximum Gasteiger partial charge on any atom is 0.308 e. The number of carbonyl (C=O) groups excluding carboxylic acids is 3. The predicted molar refractivity (Wildman–Crippen MR) is 170 cm³/mol. The molecule has 12 heteroatoms. The first-order valence-corrected chi connectivity index (χ1v) is 15.5. The number of imide groups is 1. The number of carbonyl (C=O) groups is 3. The van der Waals surface area contributed by atoms with Gasteiger partial charge in [-0.2, -0.15) is 0 Å². The zero-order valence-electron chi connectivity index (χ0n) is 23.4. The minimum Gasteiger partial charge on any atom is -0.497 e. The van der Waals surface area contributed by atoms with E-state index in [9.17, 15) is 19.2 Å². The smallest absolute Gasteiger partial charge is 0.308 e. The molecule has 220 valence electrons. The summed E-state index contributed by atoms with van der Waals surface area (Å²) < 4.78 is 6.58. The van der Waals surface area contributed by atoms with Gasteiger partial charge in [-0.25, -0.2) is 4.90 Å². The highest BCUT2D eigenvalue weighted by Gasteiger charge is 2.56. The second-order valence-electron chi connectivity index (χ2n) is 10.4. The molecule has 0 bridgehead atoms. The Morgan fingerprint density at radius 2 is 1.63 bits per heavy atom. The van der Waals surface area contributed by atoms with Crippen molar-refractivity contribution in [3.8, 4) is 5.75 Å². The summed E-state index contributed by atoms with van der Waals surface area (Å²) in [6.07, 6.45) is 0. The van der Waals surface area contributed by atoms with Gasteiger partial charge in [0.2, 0.25) is 17.7 Å². The van der Waals surface area contributed by atoms with Gasteiger partial charge in [-0.05, 0) is 66.2 Å². The van der Waals surface area contributed by atoms with Crippen LogP contribution in [0.15, 0.2) is 82.6 Å². The Balaban J connectivity index is 1.39. The number of hydrogen-bond donors (Lipinski definition) is 1. The summed E-state index contributed by atoms with van der Waals surface area (Å²) in [5.41, 5.74) is 2.79. The van der Waals surface area contributed by atoms with Crippen molar-refractivity contribution in [2.24, 2.45) is 5.92 Å². The minimum atomic E-state index is -0.779. The number of benzene rings is 3. The molecule has 43 heavy (non-hydrogen) atoms. The highest BCUT2D eigenvalue weighted by atomic mass is 35.5. The summed E-state index contributed by atoms with van der Waals surface area (Å²) in [6.45, 7) is -0.240. The molecule has 3 atom stereocenters. The average molecular weight is 635 g/mol. The Morgan fingerprint density at radius 1 is 0.953 bits per heavy atom. The maximum atomic E-state index is 14.0. The number of methoxy groups -OCH3 is 1. The van der Waals surface area contributed by atoms with E-state index in [1.807, 2.05) is 43.3 Å². The SMILES string of the molecule is COc1ccc(NC(=O)Cn2c3c(sc2=O)[C@@H](c2ccc(N(C)C)cc2)[C@@H]2C(=O)N(c4ccc(Cl)cc4)C(=O)[C@@H]2S3)cc1. The molecule has 1 saturated heterocycles. The molecule has 4 aromatic rings. The van der Waals surface area contributed by atoms with Crippen molar-refractivity contribution < 1.29 is 19.1 Å². The molecule has 1 fully saturated rings. The van der Waals surface area contributed by atoms with E-state index < -0.39 is 17.1 Å². The van der Waals surface area contributed by atoms with Crippen molar-refractivity contribution in [1.82, 2.24) is 4.57 Å². The van der Waals surface area contributed by atoms with E-state index in [1.54, 1.807) is 55.6 Å². The van der Waals surface area contributed by atoms with E-state index >= 15 is 0 Å². The lowest BCUT2D eigenvalue weighted by atomic mass is 9.83. The van der Waals surface area contributed by atoms with Gasteiger partial charge in [0.15, 0.2) is 0 Å². The van der Waals surface area contributed by atoms with E-state index in [0.29, 0.717) is 32.1 Å². The molecule has 3 amide bonds. The van der Waals surface area contributed by atoms with Gasteiger partial charge in [0, 0.05) is 41.3 Å². The zero-order chi connectivity index (χ0) is 30.4. The van der Waals surface area contributed by atoms with Gasteiger partial charge in [0.1, 0.15) is 17.5 Å². The molecule has 0 spiro atoms. The first-order valence-electron chi connectivity index (χ1n) is 13.4. The topological polar surface area (TPSA) is 101 Å². The van der Waals surface area contributed by atoms with E-state index in [-0.39, 0.29) is 29.1 Å². The minimum absolute atomic E-state index is 0.240. The summed E-state index contributed by atoms with van der Waals surface area (Å²) in [5, 5.41) is 3.06. The predicted octanol–water partition coefficient (Wildman–Crippen LogP) is 5.07. The summed E-state index contributed by atoms with van der Waals surface area (Å²) in [7, 11) is 5.43. The Morgan fingerprint density at radius 3 is 2.26 bits per heavy atom. The number of halogens is 1. The molecule has 9 nitrogen and oxygen atoms in total. The van der Waals surface area contributed by atoms with Crippen molar-refractivity contribution >= 4 is 69.5 Å². The number of fused-ring (bicyclic) bond motifs is 2. The number of thioether (sulfide) groups is 1. The first-order chi connectivity index (χ1) is 20.7. The number of thiazole rings is 1. The van der Waals surface area contributed by atoms with Crippen LogP contribution in [0.3, 0.4) is 0 Å². The fourth-order valence-electron chi connectivity index (χ4n) is 5.46. The Labute approximate surface area is 261 Å². The van der Waals surface area contributed by atoms with E-state index in [2.05, 4.69) is 5.32 Å². The van der Waals surface area contributed by atoms with Crippen LogP contribution in [0.4, 0.5) is 17.1 Å². The number of hydrogen-bond acceptors (Lipinski definition) is 8.